The van der Waals surface area contributed by atoms with E-state index in [-0.39, 0.29) is 37.0 Å². The van der Waals surface area contributed by atoms with E-state index in [2.05, 4.69) is 15.9 Å². The normalized spacial score (nSPS) is 17.2. The van der Waals surface area contributed by atoms with Gasteiger partial charge in [-0.2, -0.15) is 4.31 Å². The van der Waals surface area contributed by atoms with E-state index in [1.165, 1.54) is 16.4 Å². The fourth-order valence-corrected chi connectivity index (χ4v) is 5.20. The first-order chi connectivity index (χ1) is 13.9. The maximum atomic E-state index is 13.1. The molecule has 2 aliphatic heterocycles. The Morgan fingerprint density at radius 1 is 0.966 bits per heavy atom. The van der Waals surface area contributed by atoms with E-state index in [9.17, 15) is 17.6 Å². The fourth-order valence-electron chi connectivity index (χ4n) is 3.29. The molecule has 2 heterocycles. The Kier molecular flexibility index (Phi) is 5.50. The lowest BCUT2D eigenvalue weighted by Gasteiger charge is -2.34. The summed E-state index contributed by atoms with van der Waals surface area (Å²) in [5.74, 6) is 0.382. The van der Waals surface area contributed by atoms with Gasteiger partial charge in [0.05, 0.1) is 10.5 Å². The lowest BCUT2D eigenvalue weighted by atomic mass is 10.1. The van der Waals surface area contributed by atoms with Gasteiger partial charge in [-0.3, -0.25) is 4.79 Å². The van der Waals surface area contributed by atoms with Gasteiger partial charge in [-0.15, -0.1) is 0 Å². The number of rotatable bonds is 3. The van der Waals surface area contributed by atoms with Crippen molar-refractivity contribution in [1.82, 2.24) is 9.21 Å². The maximum absolute atomic E-state index is 13.1. The molecule has 0 aliphatic carbocycles. The van der Waals surface area contributed by atoms with Crippen LogP contribution in [0.1, 0.15) is 10.4 Å². The molecule has 0 spiro atoms. The van der Waals surface area contributed by atoms with Crippen LogP contribution in [-0.2, 0) is 10.0 Å². The summed E-state index contributed by atoms with van der Waals surface area (Å²) in [7, 11) is -3.73. The van der Waals surface area contributed by atoms with Crippen molar-refractivity contribution in [2.45, 2.75) is 4.90 Å². The molecule has 0 radical (unpaired) electrons. The number of nitrogens with zero attached hydrogens (tertiary/aromatic N) is 2. The van der Waals surface area contributed by atoms with Gasteiger partial charge in [0.2, 0.25) is 10.0 Å². The number of sulfonamides is 1. The van der Waals surface area contributed by atoms with Gasteiger partial charge in [-0.1, -0.05) is 0 Å². The Morgan fingerprint density at radius 3 is 2.17 bits per heavy atom. The van der Waals surface area contributed by atoms with Crippen LogP contribution in [0.2, 0.25) is 0 Å². The van der Waals surface area contributed by atoms with Crippen LogP contribution >= 0.6 is 15.9 Å². The number of carbonyl (C=O) groups excluding carboxylic acids is 1. The molecule has 1 amide bonds. The van der Waals surface area contributed by atoms with Gasteiger partial charge in [0.1, 0.15) is 19.0 Å². The third-order valence-corrected chi connectivity index (χ3v) is 7.41. The number of amides is 1. The summed E-state index contributed by atoms with van der Waals surface area (Å²) in [6.45, 7) is 1.70. The Balaban J connectivity index is 1.47. The van der Waals surface area contributed by atoms with E-state index in [1.54, 1.807) is 17.0 Å². The summed E-state index contributed by atoms with van der Waals surface area (Å²) < 4.78 is 51.5. The molecule has 2 aliphatic rings. The van der Waals surface area contributed by atoms with Crippen molar-refractivity contribution in [2.75, 3.05) is 39.4 Å². The molecule has 10 heteroatoms. The van der Waals surface area contributed by atoms with Crippen molar-refractivity contribution in [3.63, 3.8) is 0 Å². The summed E-state index contributed by atoms with van der Waals surface area (Å²) in [4.78, 5) is 14.6. The standard InChI is InChI=1S/C19H18BrFN2O5S/c20-16-12-18-17(27-9-10-28-18)11-15(16)19(24)22-5-7-23(8-6-22)29(25,26)14-3-1-13(21)2-4-14/h1-4,11-12H,5-10H2. The first kappa shape index (κ1) is 20.1. The van der Waals surface area contributed by atoms with Crippen LogP contribution < -0.4 is 9.47 Å². The molecule has 1 fully saturated rings. The zero-order valence-corrected chi connectivity index (χ0v) is 17.7. The number of carbonyl (C=O) groups is 1. The van der Waals surface area contributed by atoms with Crippen LogP contribution in [0.15, 0.2) is 45.8 Å². The van der Waals surface area contributed by atoms with Gasteiger partial charge in [0.25, 0.3) is 5.91 Å². The molecule has 0 aromatic heterocycles. The molecule has 2 aromatic rings. The highest BCUT2D eigenvalue weighted by Crippen LogP contribution is 2.36. The largest absolute Gasteiger partial charge is 0.486 e. The SMILES string of the molecule is O=C(c1cc2c(cc1Br)OCCO2)N1CCN(S(=O)(=O)c2ccc(F)cc2)CC1. The van der Waals surface area contributed by atoms with Crippen molar-refractivity contribution in [3.05, 3.63) is 52.3 Å². The van der Waals surface area contributed by atoms with E-state index in [0.717, 1.165) is 12.1 Å². The average Bonchev–Trinajstić information content (AvgIpc) is 2.73. The number of piperazine rings is 1. The van der Waals surface area contributed by atoms with E-state index in [4.69, 9.17) is 9.47 Å². The molecule has 0 unspecified atom stereocenters. The van der Waals surface area contributed by atoms with Crippen molar-refractivity contribution in [2.24, 2.45) is 0 Å². The highest BCUT2D eigenvalue weighted by molar-refractivity contribution is 9.10. The van der Waals surface area contributed by atoms with Gasteiger partial charge in [-0.05, 0) is 52.3 Å². The first-order valence-corrected chi connectivity index (χ1v) is 11.2. The van der Waals surface area contributed by atoms with Crippen molar-refractivity contribution in [1.29, 1.82) is 0 Å². The molecule has 1 saturated heterocycles. The predicted octanol–water partition coefficient (Wildman–Crippen LogP) is 2.51. The molecule has 4 rings (SSSR count). The molecule has 0 N–H and O–H groups in total. The minimum absolute atomic E-state index is 0.0354. The van der Waals surface area contributed by atoms with Crippen molar-refractivity contribution in [3.8, 4) is 11.5 Å². The summed E-state index contributed by atoms with van der Waals surface area (Å²) >= 11 is 3.40. The van der Waals surface area contributed by atoms with E-state index >= 15 is 0 Å². The van der Waals surface area contributed by atoms with Crippen LogP contribution in [0.3, 0.4) is 0 Å². The molecular formula is C19H18BrFN2O5S. The van der Waals surface area contributed by atoms with E-state index < -0.39 is 15.8 Å². The Hall–Kier alpha value is -2.17. The first-order valence-electron chi connectivity index (χ1n) is 9.00. The molecular weight excluding hydrogens is 467 g/mol. The quantitative estimate of drug-likeness (QED) is 0.668. The monoisotopic (exact) mass is 484 g/mol. The Labute approximate surface area is 176 Å². The average molecular weight is 485 g/mol. The topological polar surface area (TPSA) is 76.2 Å². The summed E-state index contributed by atoms with van der Waals surface area (Å²) in [6, 6.07) is 8.07. The molecule has 29 heavy (non-hydrogen) atoms. The molecule has 0 atom stereocenters. The number of benzene rings is 2. The minimum Gasteiger partial charge on any atom is -0.486 e. The molecule has 0 bridgehead atoms. The summed E-state index contributed by atoms with van der Waals surface area (Å²) in [5, 5.41) is 0. The molecule has 7 nitrogen and oxygen atoms in total. The molecule has 2 aromatic carbocycles. The van der Waals surface area contributed by atoms with Crippen LogP contribution in [0.5, 0.6) is 11.5 Å². The van der Waals surface area contributed by atoms with Gasteiger partial charge in [0.15, 0.2) is 11.5 Å². The van der Waals surface area contributed by atoms with Crippen molar-refractivity contribution >= 4 is 31.9 Å². The van der Waals surface area contributed by atoms with Crippen molar-refractivity contribution < 1.29 is 27.1 Å². The zero-order chi connectivity index (χ0) is 20.6. The van der Waals surface area contributed by atoms with E-state index in [0.29, 0.717) is 34.7 Å². The lowest BCUT2D eigenvalue weighted by molar-refractivity contribution is 0.0696. The molecule has 154 valence electrons. The second-order valence-corrected chi connectivity index (χ2v) is 9.42. The van der Waals surface area contributed by atoms with E-state index in [1.807, 2.05) is 0 Å². The summed E-state index contributed by atoms with van der Waals surface area (Å²) in [6.07, 6.45) is 0. The van der Waals surface area contributed by atoms with Crippen LogP contribution in [-0.4, -0.2) is 62.9 Å². The van der Waals surface area contributed by atoms with Gasteiger partial charge < -0.3 is 14.4 Å². The lowest BCUT2D eigenvalue weighted by Crippen LogP contribution is -2.50. The van der Waals surface area contributed by atoms with Crippen LogP contribution in [0.25, 0.3) is 0 Å². The minimum atomic E-state index is -3.73. The Morgan fingerprint density at radius 2 is 1.55 bits per heavy atom. The third-order valence-electron chi connectivity index (χ3n) is 4.84. The maximum Gasteiger partial charge on any atom is 0.255 e. The molecule has 0 saturated carbocycles. The third kappa shape index (κ3) is 3.96. The predicted molar refractivity (Wildman–Crippen MR) is 106 cm³/mol. The number of halogens is 2. The fraction of sp³-hybridized carbons (Fsp3) is 0.316. The second-order valence-electron chi connectivity index (χ2n) is 6.63. The summed E-state index contributed by atoms with van der Waals surface area (Å²) in [5.41, 5.74) is 0.434. The van der Waals surface area contributed by atoms with Crippen LogP contribution in [0, 0.1) is 5.82 Å². The Bertz CT molecular complexity index is 1040. The van der Waals surface area contributed by atoms with Crippen LogP contribution in [0.4, 0.5) is 4.39 Å². The number of fused-ring (bicyclic) bond motifs is 1. The smallest absolute Gasteiger partial charge is 0.255 e. The number of ether oxygens (including phenoxy) is 2. The number of hydrogen-bond acceptors (Lipinski definition) is 5. The highest BCUT2D eigenvalue weighted by Gasteiger charge is 2.31. The van der Waals surface area contributed by atoms with Gasteiger partial charge >= 0.3 is 0 Å². The van der Waals surface area contributed by atoms with Gasteiger partial charge in [-0.25, -0.2) is 12.8 Å². The second kappa shape index (κ2) is 7.92. The number of hydrogen-bond donors (Lipinski definition) is 0. The van der Waals surface area contributed by atoms with Gasteiger partial charge in [0, 0.05) is 30.7 Å². The zero-order valence-electron chi connectivity index (χ0n) is 15.3. The highest BCUT2D eigenvalue weighted by atomic mass is 79.9.